The molecule has 2 bridgehead atoms. The molecule has 8 heteroatoms. The molecule has 2 saturated carbocycles. The van der Waals surface area contributed by atoms with E-state index in [1.54, 1.807) is 0 Å². The van der Waals surface area contributed by atoms with E-state index in [1.807, 2.05) is 4.90 Å². The van der Waals surface area contributed by atoms with Gasteiger partial charge in [0.1, 0.15) is 17.1 Å². The molecule has 1 aliphatic heterocycles. The predicted molar refractivity (Wildman–Crippen MR) is 121 cm³/mol. The van der Waals surface area contributed by atoms with Gasteiger partial charge >= 0.3 is 5.97 Å². The Bertz CT molecular complexity index is 1280. The van der Waals surface area contributed by atoms with E-state index in [2.05, 4.69) is 31.1 Å². The highest BCUT2D eigenvalue weighted by molar-refractivity contribution is 5.94. The number of benzene rings is 1. The summed E-state index contributed by atoms with van der Waals surface area (Å²) in [6, 6.07) is 0.968. The number of likely N-dealkylation sites (N-methyl/N-ethyl adjacent to an activating group) is 1. The number of hydrogen-bond donors (Lipinski definition) is 1. The highest BCUT2D eigenvalue weighted by Crippen LogP contribution is 2.53. The van der Waals surface area contributed by atoms with Gasteiger partial charge in [0.05, 0.1) is 10.9 Å². The summed E-state index contributed by atoms with van der Waals surface area (Å²) in [5.74, 6) is -1.95. The van der Waals surface area contributed by atoms with Crippen molar-refractivity contribution in [3.63, 3.8) is 0 Å². The molecule has 6 nitrogen and oxygen atoms in total. The van der Waals surface area contributed by atoms with Crippen LogP contribution in [-0.4, -0.2) is 53.3 Å². The first kappa shape index (κ1) is 20.8. The van der Waals surface area contributed by atoms with Crippen LogP contribution in [0.4, 0.5) is 14.5 Å². The van der Waals surface area contributed by atoms with Crippen LogP contribution >= 0.6 is 0 Å². The van der Waals surface area contributed by atoms with Gasteiger partial charge in [-0.05, 0) is 57.7 Å². The number of allylic oxidation sites excluding steroid dienone is 1. The second-order valence-electron chi connectivity index (χ2n) is 10.4. The third-order valence-corrected chi connectivity index (χ3v) is 8.57. The highest BCUT2D eigenvalue weighted by atomic mass is 19.1. The first-order valence-corrected chi connectivity index (χ1v) is 11.6. The summed E-state index contributed by atoms with van der Waals surface area (Å²) in [6.45, 7) is 1.11. The molecular formula is C25H27F2N3O3. The van der Waals surface area contributed by atoms with E-state index in [4.69, 9.17) is 0 Å². The number of aromatic nitrogens is 1. The van der Waals surface area contributed by atoms with Gasteiger partial charge in [-0.15, -0.1) is 0 Å². The fourth-order valence-corrected chi connectivity index (χ4v) is 6.73. The molecule has 4 unspecified atom stereocenters. The molecule has 4 atom stereocenters. The van der Waals surface area contributed by atoms with Crippen molar-refractivity contribution in [2.24, 2.45) is 17.8 Å². The van der Waals surface area contributed by atoms with Crippen molar-refractivity contribution in [1.82, 2.24) is 9.47 Å². The van der Waals surface area contributed by atoms with E-state index in [1.165, 1.54) is 10.8 Å². The maximum Gasteiger partial charge on any atom is 0.341 e. The number of aromatic carboxylic acids is 1. The fraction of sp³-hybridized carbons (Fsp3) is 0.520. The van der Waals surface area contributed by atoms with Crippen LogP contribution in [0, 0.1) is 29.4 Å². The monoisotopic (exact) mass is 455 g/mol. The molecule has 1 aromatic heterocycles. The molecule has 0 radical (unpaired) electrons. The van der Waals surface area contributed by atoms with Crippen LogP contribution in [0.25, 0.3) is 10.9 Å². The van der Waals surface area contributed by atoms with Crippen LogP contribution in [0.3, 0.4) is 0 Å². The smallest absolute Gasteiger partial charge is 0.341 e. The minimum atomic E-state index is -1.39. The van der Waals surface area contributed by atoms with Gasteiger partial charge in [-0.2, -0.15) is 0 Å². The number of anilines is 1. The Morgan fingerprint density at radius 2 is 1.97 bits per heavy atom. The van der Waals surface area contributed by atoms with Gasteiger partial charge in [0.15, 0.2) is 5.82 Å². The Kier molecular flexibility index (Phi) is 4.35. The second-order valence-corrected chi connectivity index (χ2v) is 10.4. The second kappa shape index (κ2) is 6.88. The number of carboxylic acids is 1. The molecule has 0 amide bonds. The highest BCUT2D eigenvalue weighted by Gasteiger charge is 2.55. The summed E-state index contributed by atoms with van der Waals surface area (Å²) in [7, 11) is 4.14. The number of rotatable bonds is 4. The zero-order valence-corrected chi connectivity index (χ0v) is 18.7. The van der Waals surface area contributed by atoms with E-state index in [9.17, 15) is 14.7 Å². The van der Waals surface area contributed by atoms with Crippen molar-refractivity contribution in [2.45, 2.75) is 37.3 Å². The Morgan fingerprint density at radius 3 is 2.58 bits per heavy atom. The van der Waals surface area contributed by atoms with Crippen LogP contribution in [0.2, 0.25) is 0 Å². The number of hydrogen-bond acceptors (Lipinski definition) is 4. The summed E-state index contributed by atoms with van der Waals surface area (Å²) >= 11 is 0. The molecule has 3 fully saturated rings. The molecule has 0 spiro atoms. The zero-order valence-electron chi connectivity index (χ0n) is 18.7. The van der Waals surface area contributed by atoms with Crippen LogP contribution in [-0.2, 0) is 0 Å². The van der Waals surface area contributed by atoms with Crippen molar-refractivity contribution >= 4 is 22.6 Å². The van der Waals surface area contributed by atoms with E-state index in [-0.39, 0.29) is 34.1 Å². The van der Waals surface area contributed by atoms with E-state index in [0.29, 0.717) is 24.9 Å². The minimum Gasteiger partial charge on any atom is -0.477 e. The standard InChI is InChI=1S/C25H27F2N3O3/c1-28(2)25-7-5-13(6-8-25)16-10-29(12-18(16)25)22-19(26)9-15-21(20(22)27)30(14-3-4-14)11-17(23(15)31)24(32)33/h5,7,9,11,13-14,16,18H,3-4,6,8,10,12H2,1-2H3,(H,32,33). The molecule has 2 aromatic rings. The van der Waals surface area contributed by atoms with Gasteiger partial charge in [-0.25, -0.2) is 13.6 Å². The van der Waals surface area contributed by atoms with Crippen molar-refractivity contribution in [2.75, 3.05) is 32.1 Å². The van der Waals surface area contributed by atoms with Crippen LogP contribution < -0.4 is 10.3 Å². The lowest BCUT2D eigenvalue weighted by Crippen LogP contribution is -2.57. The van der Waals surface area contributed by atoms with E-state index >= 15 is 8.78 Å². The topological polar surface area (TPSA) is 65.8 Å². The van der Waals surface area contributed by atoms with Gasteiger partial charge in [-0.1, -0.05) is 12.2 Å². The Labute approximate surface area is 190 Å². The van der Waals surface area contributed by atoms with Gasteiger partial charge in [0, 0.05) is 36.8 Å². The first-order chi connectivity index (χ1) is 15.7. The SMILES string of the molecule is CN(C)C12C=CC(CC1)C1CN(c3c(F)cc4c(=O)c(C(=O)O)cn(C5CC5)c4c3F)CC12. The maximum absolute atomic E-state index is 16.1. The third-order valence-electron chi connectivity index (χ3n) is 8.57. The van der Waals surface area contributed by atoms with Crippen molar-refractivity contribution in [3.8, 4) is 0 Å². The summed E-state index contributed by atoms with van der Waals surface area (Å²) < 4.78 is 33.0. The summed E-state index contributed by atoms with van der Waals surface area (Å²) in [5, 5.41) is 9.24. The van der Waals surface area contributed by atoms with Gasteiger partial charge in [0.2, 0.25) is 5.43 Å². The van der Waals surface area contributed by atoms with Crippen molar-refractivity contribution in [3.05, 3.63) is 51.8 Å². The van der Waals surface area contributed by atoms with Crippen LogP contribution in [0.5, 0.6) is 0 Å². The molecule has 174 valence electrons. The normalized spacial score (nSPS) is 30.5. The maximum atomic E-state index is 16.1. The number of fused-ring (bicyclic) bond motifs is 2. The molecule has 2 heterocycles. The van der Waals surface area contributed by atoms with Crippen LogP contribution in [0.1, 0.15) is 42.1 Å². The Balaban J connectivity index is 1.50. The molecule has 1 N–H and O–H groups in total. The average molecular weight is 456 g/mol. The number of carbonyl (C=O) groups is 1. The van der Waals surface area contributed by atoms with Crippen LogP contribution in [0.15, 0.2) is 29.2 Å². The third kappa shape index (κ3) is 2.79. The van der Waals surface area contributed by atoms with E-state index in [0.717, 1.165) is 31.7 Å². The predicted octanol–water partition coefficient (Wildman–Crippen LogP) is 3.65. The average Bonchev–Trinajstić information content (AvgIpc) is 3.52. The van der Waals surface area contributed by atoms with Gasteiger partial charge in [-0.3, -0.25) is 9.69 Å². The lowest BCUT2D eigenvalue weighted by atomic mass is 9.59. The van der Waals surface area contributed by atoms with Gasteiger partial charge < -0.3 is 14.6 Å². The van der Waals surface area contributed by atoms with E-state index < -0.39 is 28.6 Å². The Hall–Kier alpha value is -2.74. The summed E-state index contributed by atoms with van der Waals surface area (Å²) in [4.78, 5) is 28.4. The molecule has 4 aliphatic carbocycles. The fourth-order valence-electron chi connectivity index (χ4n) is 6.73. The van der Waals surface area contributed by atoms with Crippen molar-refractivity contribution in [1.29, 1.82) is 0 Å². The number of nitrogens with zero attached hydrogens (tertiary/aromatic N) is 3. The summed E-state index contributed by atoms with van der Waals surface area (Å²) in [6.07, 6.45) is 9.45. The minimum absolute atomic E-state index is 0.0159. The molecule has 5 aliphatic rings. The molecule has 1 aromatic carbocycles. The van der Waals surface area contributed by atoms with Gasteiger partial charge in [0.25, 0.3) is 0 Å². The quantitative estimate of drug-likeness (QED) is 0.713. The number of carboxylic acid groups (broad SMARTS) is 1. The summed E-state index contributed by atoms with van der Waals surface area (Å²) in [5.41, 5.74) is -1.49. The first-order valence-electron chi connectivity index (χ1n) is 11.6. The number of halogens is 2. The molecule has 33 heavy (non-hydrogen) atoms. The Morgan fingerprint density at radius 1 is 1.21 bits per heavy atom. The molecule has 1 saturated heterocycles. The zero-order chi connectivity index (χ0) is 23.2. The lowest BCUT2D eigenvalue weighted by Gasteiger charge is -2.53. The lowest BCUT2D eigenvalue weighted by molar-refractivity contribution is 0.0313. The number of pyridine rings is 1. The van der Waals surface area contributed by atoms with Crippen molar-refractivity contribution < 1.29 is 18.7 Å². The molecule has 7 rings (SSSR count). The molecular weight excluding hydrogens is 428 g/mol. The largest absolute Gasteiger partial charge is 0.477 e.